The lowest BCUT2D eigenvalue weighted by Crippen LogP contribution is -2.15. The molecule has 0 aliphatic rings. The van der Waals surface area contributed by atoms with Gasteiger partial charge in [0.1, 0.15) is 11.3 Å². The number of methoxy groups -OCH3 is 1. The van der Waals surface area contributed by atoms with Gasteiger partial charge in [0, 0.05) is 0 Å². The van der Waals surface area contributed by atoms with Crippen LogP contribution < -0.4 is 10.5 Å². The van der Waals surface area contributed by atoms with Gasteiger partial charge in [-0.05, 0) is 42.3 Å². The Labute approximate surface area is 120 Å². The van der Waals surface area contributed by atoms with Gasteiger partial charge in [-0.3, -0.25) is 4.57 Å². The Morgan fingerprint density at radius 3 is 2.62 bits per heavy atom. The maximum atomic E-state index is 14.1. The number of hydrogen-bond donors (Lipinski definition) is 0. The van der Waals surface area contributed by atoms with Gasteiger partial charge in [-0.15, -0.1) is 0 Å². The van der Waals surface area contributed by atoms with E-state index >= 15 is 0 Å². The van der Waals surface area contributed by atoms with Crippen LogP contribution in [0.25, 0.3) is 11.1 Å². The third-order valence-electron chi connectivity index (χ3n) is 3.36. The zero-order chi connectivity index (χ0) is 15.0. The molecule has 0 spiro atoms. The molecule has 0 aliphatic carbocycles. The van der Waals surface area contributed by atoms with E-state index in [1.54, 1.807) is 32.2 Å². The summed E-state index contributed by atoms with van der Waals surface area (Å²) in [4.78, 5) is 11.9. The van der Waals surface area contributed by atoms with Crippen LogP contribution in [0.4, 0.5) is 4.39 Å². The van der Waals surface area contributed by atoms with Crippen molar-refractivity contribution in [2.45, 2.75) is 13.5 Å². The predicted molar refractivity (Wildman–Crippen MR) is 77.3 cm³/mol. The van der Waals surface area contributed by atoms with Gasteiger partial charge in [0.05, 0.1) is 13.7 Å². The fourth-order valence-electron chi connectivity index (χ4n) is 2.34. The summed E-state index contributed by atoms with van der Waals surface area (Å²) in [7, 11) is 1.58. The van der Waals surface area contributed by atoms with Crippen molar-refractivity contribution in [2.24, 2.45) is 0 Å². The van der Waals surface area contributed by atoms with Gasteiger partial charge in [-0.1, -0.05) is 12.1 Å². The maximum absolute atomic E-state index is 14.1. The number of halogens is 1. The Hall–Kier alpha value is -2.56. The summed E-state index contributed by atoms with van der Waals surface area (Å²) in [5.41, 5.74) is 2.04. The van der Waals surface area contributed by atoms with Gasteiger partial charge >= 0.3 is 5.76 Å². The highest BCUT2D eigenvalue weighted by Gasteiger charge is 2.14. The molecule has 4 nitrogen and oxygen atoms in total. The zero-order valence-electron chi connectivity index (χ0n) is 11.7. The second kappa shape index (κ2) is 5.09. The molecule has 0 saturated heterocycles. The van der Waals surface area contributed by atoms with Crippen molar-refractivity contribution >= 4 is 11.1 Å². The van der Waals surface area contributed by atoms with Crippen LogP contribution >= 0.6 is 0 Å². The first-order valence-corrected chi connectivity index (χ1v) is 6.51. The van der Waals surface area contributed by atoms with Gasteiger partial charge in [-0.2, -0.15) is 0 Å². The SMILES string of the molecule is COc1ccc(Cn2c(=O)oc3cc(C)cc(F)c32)cc1. The fourth-order valence-corrected chi connectivity index (χ4v) is 2.34. The van der Waals surface area contributed by atoms with E-state index in [1.807, 2.05) is 12.1 Å². The lowest BCUT2D eigenvalue weighted by Gasteiger charge is -2.05. The van der Waals surface area contributed by atoms with E-state index in [-0.39, 0.29) is 17.6 Å². The largest absolute Gasteiger partial charge is 0.497 e. The Morgan fingerprint density at radius 2 is 1.95 bits per heavy atom. The monoisotopic (exact) mass is 287 g/mol. The van der Waals surface area contributed by atoms with Gasteiger partial charge in [-0.25, -0.2) is 9.18 Å². The number of aromatic nitrogens is 1. The van der Waals surface area contributed by atoms with E-state index in [0.29, 0.717) is 5.56 Å². The van der Waals surface area contributed by atoms with Crippen LogP contribution in [0.1, 0.15) is 11.1 Å². The number of ether oxygens (including phenoxy) is 1. The highest BCUT2D eigenvalue weighted by molar-refractivity contribution is 5.74. The van der Waals surface area contributed by atoms with E-state index in [0.717, 1.165) is 11.3 Å². The number of benzene rings is 2. The topological polar surface area (TPSA) is 44.4 Å². The van der Waals surface area contributed by atoms with Gasteiger partial charge in [0.15, 0.2) is 11.4 Å². The number of nitrogens with zero attached hydrogens (tertiary/aromatic N) is 1. The smallest absolute Gasteiger partial charge is 0.420 e. The number of oxazole rings is 1. The Morgan fingerprint density at radius 1 is 1.24 bits per heavy atom. The molecule has 1 heterocycles. The molecule has 0 amide bonds. The summed E-state index contributed by atoms with van der Waals surface area (Å²) < 4.78 is 25.6. The minimum absolute atomic E-state index is 0.196. The molecule has 0 atom stereocenters. The molecule has 0 N–H and O–H groups in total. The van der Waals surface area contributed by atoms with E-state index < -0.39 is 11.6 Å². The van der Waals surface area contributed by atoms with Crippen molar-refractivity contribution < 1.29 is 13.5 Å². The summed E-state index contributed by atoms with van der Waals surface area (Å²) in [6.07, 6.45) is 0. The zero-order valence-corrected chi connectivity index (χ0v) is 11.7. The normalized spacial score (nSPS) is 11.0. The molecule has 2 aromatic carbocycles. The van der Waals surface area contributed by atoms with Gasteiger partial charge < -0.3 is 9.15 Å². The number of rotatable bonds is 3. The highest BCUT2D eigenvalue weighted by Crippen LogP contribution is 2.20. The number of fused-ring (bicyclic) bond motifs is 1. The molecule has 1 aromatic heterocycles. The summed E-state index contributed by atoms with van der Waals surface area (Å²) in [5.74, 6) is -0.292. The van der Waals surface area contributed by atoms with Gasteiger partial charge in [0.2, 0.25) is 0 Å². The van der Waals surface area contributed by atoms with Crippen molar-refractivity contribution in [3.63, 3.8) is 0 Å². The fraction of sp³-hybridized carbons (Fsp3) is 0.188. The third kappa shape index (κ3) is 2.42. The molecule has 0 aliphatic heterocycles. The first kappa shape index (κ1) is 13.4. The minimum atomic E-state index is -0.565. The first-order valence-electron chi connectivity index (χ1n) is 6.51. The van der Waals surface area contributed by atoms with Crippen LogP contribution in [0.2, 0.25) is 0 Å². The highest BCUT2D eigenvalue weighted by atomic mass is 19.1. The van der Waals surface area contributed by atoms with E-state index in [1.165, 1.54) is 10.6 Å². The average molecular weight is 287 g/mol. The summed E-state index contributed by atoms with van der Waals surface area (Å²) >= 11 is 0. The second-order valence-electron chi connectivity index (χ2n) is 4.90. The summed E-state index contributed by atoms with van der Waals surface area (Å²) in [5, 5.41) is 0. The first-order chi connectivity index (χ1) is 10.1. The Bertz CT molecular complexity index is 846. The molecular weight excluding hydrogens is 273 g/mol. The van der Waals surface area contributed by atoms with Crippen molar-refractivity contribution in [3.8, 4) is 5.75 Å². The molecule has 3 rings (SSSR count). The van der Waals surface area contributed by atoms with Crippen LogP contribution in [-0.4, -0.2) is 11.7 Å². The molecule has 21 heavy (non-hydrogen) atoms. The molecule has 0 saturated carbocycles. The number of aryl methyl sites for hydroxylation is 1. The Kier molecular flexibility index (Phi) is 3.25. The van der Waals surface area contributed by atoms with E-state index in [4.69, 9.17) is 9.15 Å². The lowest BCUT2D eigenvalue weighted by atomic mass is 10.2. The predicted octanol–water partition coefficient (Wildman–Crippen LogP) is 3.10. The third-order valence-corrected chi connectivity index (χ3v) is 3.36. The van der Waals surface area contributed by atoms with Crippen LogP contribution in [0.15, 0.2) is 45.6 Å². The van der Waals surface area contributed by atoms with Crippen molar-refractivity contribution in [2.75, 3.05) is 7.11 Å². The molecule has 108 valence electrons. The molecule has 3 aromatic rings. The van der Waals surface area contributed by atoms with Gasteiger partial charge in [0.25, 0.3) is 0 Å². The van der Waals surface area contributed by atoms with Crippen molar-refractivity contribution in [3.05, 3.63) is 63.9 Å². The van der Waals surface area contributed by atoms with E-state index in [9.17, 15) is 9.18 Å². The van der Waals surface area contributed by atoms with Crippen molar-refractivity contribution in [1.29, 1.82) is 0 Å². The molecule has 0 unspecified atom stereocenters. The maximum Gasteiger partial charge on any atom is 0.420 e. The molecule has 0 bridgehead atoms. The summed E-state index contributed by atoms with van der Waals surface area (Å²) in [6.45, 7) is 2.00. The molecular formula is C16H14FNO3. The quantitative estimate of drug-likeness (QED) is 0.743. The van der Waals surface area contributed by atoms with Crippen LogP contribution in [0.3, 0.4) is 0 Å². The minimum Gasteiger partial charge on any atom is -0.497 e. The standard InChI is InChI=1S/C16H14FNO3/c1-10-7-13(17)15-14(8-10)21-16(19)18(15)9-11-3-5-12(20-2)6-4-11/h3-8H,9H2,1-2H3. The van der Waals surface area contributed by atoms with Crippen molar-refractivity contribution in [1.82, 2.24) is 4.57 Å². The Balaban J connectivity index is 2.07. The van der Waals surface area contributed by atoms with Crippen LogP contribution in [0.5, 0.6) is 5.75 Å². The second-order valence-corrected chi connectivity index (χ2v) is 4.90. The number of hydrogen-bond acceptors (Lipinski definition) is 3. The molecule has 0 fully saturated rings. The van der Waals surface area contributed by atoms with E-state index in [2.05, 4.69) is 0 Å². The van der Waals surface area contributed by atoms with Crippen LogP contribution in [0, 0.1) is 12.7 Å². The van der Waals surface area contributed by atoms with Crippen LogP contribution in [-0.2, 0) is 6.54 Å². The molecule has 0 radical (unpaired) electrons. The molecule has 5 heteroatoms. The summed E-state index contributed by atoms with van der Waals surface area (Å²) in [6, 6.07) is 10.3. The average Bonchev–Trinajstić information content (AvgIpc) is 2.76. The lowest BCUT2D eigenvalue weighted by molar-refractivity contribution is 0.414.